The summed E-state index contributed by atoms with van der Waals surface area (Å²) >= 11 is 3.10. The van der Waals surface area contributed by atoms with E-state index in [-0.39, 0.29) is 17.6 Å². The highest BCUT2D eigenvalue weighted by atomic mass is 79.9. The Morgan fingerprint density at radius 3 is 2.96 bits per heavy atom. The third kappa shape index (κ3) is 4.46. The summed E-state index contributed by atoms with van der Waals surface area (Å²) in [5, 5.41) is 12.5. The van der Waals surface area contributed by atoms with Gasteiger partial charge in [-0.15, -0.1) is 0 Å². The number of hydrogen-bond acceptors (Lipinski definition) is 7. The van der Waals surface area contributed by atoms with Crippen LogP contribution in [0.3, 0.4) is 0 Å². The smallest absolute Gasteiger partial charge is 0.274 e. The lowest BCUT2D eigenvalue weighted by Gasteiger charge is -2.21. The Morgan fingerprint density at radius 1 is 1.44 bits per heavy atom. The van der Waals surface area contributed by atoms with Gasteiger partial charge in [0.2, 0.25) is 0 Å². The van der Waals surface area contributed by atoms with Crippen molar-refractivity contribution in [1.29, 1.82) is 0 Å². The summed E-state index contributed by atoms with van der Waals surface area (Å²) < 4.78 is 48.0. The highest BCUT2D eigenvalue weighted by Gasteiger charge is 2.30. The SMILES string of the molecule is NS(=O)(=O)NCCC1OCC(=Nc2ccc(F)c(Br)c2)c2nonc21. The highest BCUT2D eigenvalue weighted by molar-refractivity contribution is 9.10. The van der Waals surface area contributed by atoms with Gasteiger partial charge in [-0.3, -0.25) is 0 Å². The molecule has 1 aliphatic rings. The standard InChI is InChI=1S/C13H13BrFN5O4S/c14-8-5-7(1-2-9(8)15)18-10-6-23-11(3-4-17-25(16,21)22)13-12(10)19-24-20-13/h1-2,5,11,17H,3-4,6H2,(H2,16,21,22). The van der Waals surface area contributed by atoms with E-state index in [0.717, 1.165) is 0 Å². The molecule has 0 fully saturated rings. The number of fused-ring (bicyclic) bond motifs is 1. The van der Waals surface area contributed by atoms with Gasteiger partial charge in [0, 0.05) is 6.54 Å². The number of aliphatic imine (C=N–C) groups is 1. The van der Waals surface area contributed by atoms with Crippen LogP contribution in [0.5, 0.6) is 0 Å². The Labute approximate surface area is 150 Å². The number of benzene rings is 1. The number of hydrogen-bond donors (Lipinski definition) is 2. The predicted octanol–water partition coefficient (Wildman–Crippen LogP) is 1.35. The summed E-state index contributed by atoms with van der Waals surface area (Å²) in [6, 6.07) is 4.33. The van der Waals surface area contributed by atoms with Crippen LogP contribution in [0.15, 0.2) is 32.3 Å². The van der Waals surface area contributed by atoms with Crippen molar-refractivity contribution < 1.29 is 22.2 Å². The van der Waals surface area contributed by atoms with Gasteiger partial charge in [-0.05, 0) is 45.7 Å². The van der Waals surface area contributed by atoms with Crippen molar-refractivity contribution in [1.82, 2.24) is 15.0 Å². The number of halogens is 2. The average molecular weight is 434 g/mol. The van der Waals surface area contributed by atoms with Crippen LogP contribution < -0.4 is 9.86 Å². The maximum atomic E-state index is 13.3. The van der Waals surface area contributed by atoms with E-state index in [0.29, 0.717) is 29.2 Å². The van der Waals surface area contributed by atoms with Crippen molar-refractivity contribution in [2.45, 2.75) is 12.5 Å². The van der Waals surface area contributed by atoms with Crippen LogP contribution in [-0.2, 0) is 14.9 Å². The van der Waals surface area contributed by atoms with Crippen LogP contribution in [-0.4, -0.2) is 37.6 Å². The minimum atomic E-state index is -3.77. The van der Waals surface area contributed by atoms with Gasteiger partial charge in [-0.1, -0.05) is 5.16 Å². The Hall–Kier alpha value is -1.73. The molecule has 3 N–H and O–H groups in total. The number of nitrogens with zero attached hydrogens (tertiary/aromatic N) is 3. The molecular formula is C13H13BrFN5O4S. The van der Waals surface area contributed by atoms with Gasteiger partial charge in [0.15, 0.2) is 5.69 Å². The van der Waals surface area contributed by atoms with Crippen LogP contribution in [0.25, 0.3) is 0 Å². The van der Waals surface area contributed by atoms with E-state index in [1.54, 1.807) is 0 Å². The number of ether oxygens (including phenoxy) is 1. The van der Waals surface area contributed by atoms with Crippen LogP contribution in [0.2, 0.25) is 0 Å². The Bertz CT molecular complexity index is 917. The zero-order valence-corrected chi connectivity index (χ0v) is 15.0. The van der Waals surface area contributed by atoms with Gasteiger partial charge in [-0.25, -0.2) is 23.9 Å². The third-order valence-corrected chi connectivity index (χ3v) is 4.60. The van der Waals surface area contributed by atoms with E-state index in [2.05, 4.69) is 36.0 Å². The first-order valence-electron chi connectivity index (χ1n) is 7.08. The molecule has 9 nitrogen and oxygen atoms in total. The van der Waals surface area contributed by atoms with Gasteiger partial charge in [0.05, 0.1) is 22.5 Å². The molecule has 0 radical (unpaired) electrons. The highest BCUT2D eigenvalue weighted by Crippen LogP contribution is 2.29. The van der Waals surface area contributed by atoms with E-state index in [4.69, 9.17) is 14.5 Å². The van der Waals surface area contributed by atoms with E-state index in [9.17, 15) is 12.8 Å². The lowest BCUT2D eigenvalue weighted by Crippen LogP contribution is -2.33. The quantitative estimate of drug-likeness (QED) is 0.730. The maximum Gasteiger partial charge on any atom is 0.274 e. The first-order chi connectivity index (χ1) is 11.8. The molecule has 25 heavy (non-hydrogen) atoms. The molecular weight excluding hydrogens is 421 g/mol. The van der Waals surface area contributed by atoms with Gasteiger partial charge in [0.1, 0.15) is 17.6 Å². The van der Waals surface area contributed by atoms with Gasteiger partial charge < -0.3 is 4.74 Å². The molecule has 0 saturated carbocycles. The molecule has 2 aromatic rings. The van der Waals surface area contributed by atoms with Crippen molar-refractivity contribution in [3.8, 4) is 0 Å². The predicted molar refractivity (Wildman–Crippen MR) is 89.0 cm³/mol. The lowest BCUT2D eigenvalue weighted by molar-refractivity contribution is 0.0650. The van der Waals surface area contributed by atoms with Crippen LogP contribution in [0, 0.1) is 5.82 Å². The van der Waals surface area contributed by atoms with E-state index < -0.39 is 22.1 Å². The molecule has 0 amide bonds. The molecule has 1 atom stereocenters. The number of nitrogens with two attached hydrogens (primary N) is 1. The summed E-state index contributed by atoms with van der Waals surface area (Å²) in [5.41, 5.74) is 1.83. The zero-order valence-electron chi connectivity index (χ0n) is 12.6. The van der Waals surface area contributed by atoms with Crippen molar-refractivity contribution in [3.63, 3.8) is 0 Å². The molecule has 0 saturated heterocycles. The fourth-order valence-corrected chi connectivity index (χ4v) is 3.05. The van der Waals surface area contributed by atoms with Crippen LogP contribution in [0.4, 0.5) is 10.1 Å². The van der Waals surface area contributed by atoms with Gasteiger partial charge in [0.25, 0.3) is 10.2 Å². The largest absolute Gasteiger partial charge is 0.365 e. The summed E-state index contributed by atoms with van der Waals surface area (Å²) in [4.78, 5) is 4.39. The molecule has 3 rings (SSSR count). The Kier molecular flexibility index (Phi) is 5.24. The molecule has 0 bridgehead atoms. The second-order valence-corrected chi connectivity index (χ2v) is 7.42. The molecule has 134 valence electrons. The fourth-order valence-electron chi connectivity index (χ4n) is 2.28. The second kappa shape index (κ2) is 7.25. The van der Waals surface area contributed by atoms with Gasteiger partial charge >= 0.3 is 0 Å². The van der Waals surface area contributed by atoms with Crippen molar-refractivity contribution in [2.75, 3.05) is 13.2 Å². The first kappa shape index (κ1) is 18.1. The molecule has 0 spiro atoms. The minimum Gasteiger partial charge on any atom is -0.365 e. The van der Waals surface area contributed by atoms with Crippen molar-refractivity contribution >= 4 is 37.5 Å². The van der Waals surface area contributed by atoms with E-state index in [1.807, 2.05) is 0 Å². The summed E-state index contributed by atoms with van der Waals surface area (Å²) in [6.45, 7) is 0.198. The molecule has 1 aromatic carbocycles. The molecule has 1 aliphatic heterocycles. The molecule has 2 heterocycles. The summed E-state index contributed by atoms with van der Waals surface area (Å²) in [7, 11) is -3.77. The van der Waals surface area contributed by atoms with Crippen molar-refractivity contribution in [2.24, 2.45) is 10.1 Å². The lowest BCUT2D eigenvalue weighted by atomic mass is 10.1. The zero-order chi connectivity index (χ0) is 18.0. The Balaban J connectivity index is 1.79. The van der Waals surface area contributed by atoms with E-state index >= 15 is 0 Å². The molecule has 1 unspecified atom stereocenters. The van der Waals surface area contributed by atoms with E-state index in [1.165, 1.54) is 18.2 Å². The normalized spacial score (nSPS) is 19.2. The minimum absolute atomic E-state index is 0.0766. The van der Waals surface area contributed by atoms with Gasteiger partial charge in [-0.2, -0.15) is 8.42 Å². The van der Waals surface area contributed by atoms with Crippen LogP contribution in [0.1, 0.15) is 23.9 Å². The maximum absolute atomic E-state index is 13.3. The van der Waals surface area contributed by atoms with Crippen molar-refractivity contribution in [3.05, 3.63) is 39.9 Å². The van der Waals surface area contributed by atoms with Crippen LogP contribution >= 0.6 is 15.9 Å². The number of nitrogens with one attached hydrogen (secondary N) is 1. The monoisotopic (exact) mass is 433 g/mol. The number of aromatic nitrogens is 2. The fraction of sp³-hybridized carbons (Fsp3) is 0.308. The Morgan fingerprint density at radius 2 is 2.24 bits per heavy atom. The average Bonchev–Trinajstić information content (AvgIpc) is 3.02. The summed E-state index contributed by atoms with van der Waals surface area (Å²) in [5.74, 6) is -0.393. The summed E-state index contributed by atoms with van der Waals surface area (Å²) in [6.07, 6.45) is -0.207. The topological polar surface area (TPSA) is 133 Å². The second-order valence-electron chi connectivity index (χ2n) is 5.18. The molecule has 1 aromatic heterocycles. The third-order valence-electron chi connectivity index (χ3n) is 3.39. The molecule has 0 aliphatic carbocycles. The molecule has 12 heteroatoms. The first-order valence-corrected chi connectivity index (χ1v) is 9.42. The number of rotatable bonds is 5.